The standard InChI is InChI=1S/C13H8Cl3FN2O2/c14-10-5-9(19(20)21)2-1-7(10)6-18-13-11(15)3-8(17)4-12(13)16/h1-5,18H,6H2. The fraction of sp³-hybridized carbons (Fsp3) is 0.0769. The number of hydrogen-bond donors (Lipinski definition) is 1. The zero-order valence-electron chi connectivity index (χ0n) is 10.4. The van der Waals surface area contributed by atoms with Crippen molar-refractivity contribution >= 4 is 46.2 Å². The van der Waals surface area contributed by atoms with Gasteiger partial charge < -0.3 is 5.32 Å². The molecule has 1 N–H and O–H groups in total. The number of halogens is 4. The maximum absolute atomic E-state index is 13.1. The number of nitrogens with zero attached hydrogens (tertiary/aromatic N) is 1. The Morgan fingerprint density at radius 2 is 1.71 bits per heavy atom. The molecule has 0 aliphatic rings. The van der Waals surface area contributed by atoms with Gasteiger partial charge in [-0.15, -0.1) is 0 Å². The highest BCUT2D eigenvalue weighted by Crippen LogP contribution is 2.32. The van der Waals surface area contributed by atoms with Gasteiger partial charge in [-0.3, -0.25) is 10.1 Å². The third-order valence-corrected chi connectivity index (χ3v) is 3.66. The first-order chi connectivity index (χ1) is 9.88. The van der Waals surface area contributed by atoms with E-state index in [0.29, 0.717) is 11.3 Å². The Balaban J connectivity index is 2.19. The summed E-state index contributed by atoms with van der Waals surface area (Å²) in [4.78, 5) is 10.1. The highest BCUT2D eigenvalue weighted by atomic mass is 35.5. The van der Waals surface area contributed by atoms with Crippen molar-refractivity contribution in [2.75, 3.05) is 5.32 Å². The molecule has 2 aromatic carbocycles. The van der Waals surface area contributed by atoms with Gasteiger partial charge in [0.2, 0.25) is 0 Å². The number of anilines is 1. The average Bonchev–Trinajstić information content (AvgIpc) is 2.38. The van der Waals surface area contributed by atoms with E-state index in [1.165, 1.54) is 18.2 Å². The van der Waals surface area contributed by atoms with Gasteiger partial charge in [0.05, 0.1) is 25.7 Å². The van der Waals surface area contributed by atoms with E-state index >= 15 is 0 Å². The van der Waals surface area contributed by atoms with E-state index in [1.807, 2.05) is 0 Å². The van der Waals surface area contributed by atoms with E-state index in [9.17, 15) is 14.5 Å². The lowest BCUT2D eigenvalue weighted by molar-refractivity contribution is -0.384. The number of hydrogen-bond acceptors (Lipinski definition) is 3. The largest absolute Gasteiger partial charge is 0.378 e. The summed E-state index contributed by atoms with van der Waals surface area (Å²) < 4.78 is 13.1. The van der Waals surface area contributed by atoms with E-state index in [-0.39, 0.29) is 27.3 Å². The van der Waals surface area contributed by atoms with E-state index in [4.69, 9.17) is 34.8 Å². The normalized spacial score (nSPS) is 10.5. The molecule has 0 unspecified atom stereocenters. The molecule has 110 valence electrons. The maximum Gasteiger partial charge on any atom is 0.270 e. The second-order valence-corrected chi connectivity index (χ2v) is 5.35. The molecule has 0 spiro atoms. The second-order valence-electron chi connectivity index (χ2n) is 4.13. The molecule has 0 radical (unpaired) electrons. The van der Waals surface area contributed by atoms with Crippen LogP contribution in [0.15, 0.2) is 30.3 Å². The molecule has 0 aliphatic carbocycles. The molecule has 0 fully saturated rings. The van der Waals surface area contributed by atoms with Crippen LogP contribution in [0.5, 0.6) is 0 Å². The topological polar surface area (TPSA) is 55.2 Å². The molecule has 0 saturated carbocycles. The van der Waals surface area contributed by atoms with Gasteiger partial charge in [-0.25, -0.2) is 4.39 Å². The van der Waals surface area contributed by atoms with Gasteiger partial charge in [-0.1, -0.05) is 34.8 Å². The third-order valence-electron chi connectivity index (χ3n) is 2.71. The van der Waals surface area contributed by atoms with Crippen LogP contribution in [0.2, 0.25) is 15.1 Å². The maximum atomic E-state index is 13.1. The quantitative estimate of drug-likeness (QED) is 0.601. The van der Waals surface area contributed by atoms with Crippen molar-refractivity contribution in [1.29, 1.82) is 0 Å². The van der Waals surface area contributed by atoms with Gasteiger partial charge in [-0.05, 0) is 23.8 Å². The molecule has 8 heteroatoms. The molecule has 2 rings (SSSR count). The van der Waals surface area contributed by atoms with Crippen molar-refractivity contribution in [3.63, 3.8) is 0 Å². The minimum Gasteiger partial charge on any atom is -0.378 e. The van der Waals surface area contributed by atoms with Crippen LogP contribution in [0.25, 0.3) is 0 Å². The lowest BCUT2D eigenvalue weighted by Crippen LogP contribution is -2.02. The lowest BCUT2D eigenvalue weighted by Gasteiger charge is -2.11. The van der Waals surface area contributed by atoms with Crippen molar-refractivity contribution in [2.45, 2.75) is 6.54 Å². The Hall–Kier alpha value is -1.56. The summed E-state index contributed by atoms with van der Waals surface area (Å²) in [6.45, 7) is 0.238. The Bertz CT molecular complexity index is 687. The first-order valence-electron chi connectivity index (χ1n) is 5.69. The number of nitrogens with one attached hydrogen (secondary N) is 1. The van der Waals surface area contributed by atoms with Gasteiger partial charge in [0, 0.05) is 18.7 Å². The zero-order valence-corrected chi connectivity index (χ0v) is 12.6. The average molecular weight is 350 g/mol. The monoisotopic (exact) mass is 348 g/mol. The van der Waals surface area contributed by atoms with Crippen molar-refractivity contribution < 1.29 is 9.31 Å². The van der Waals surface area contributed by atoms with Crippen LogP contribution in [0.4, 0.5) is 15.8 Å². The summed E-state index contributed by atoms with van der Waals surface area (Å²) in [5.74, 6) is -0.538. The summed E-state index contributed by atoms with van der Waals surface area (Å²) in [7, 11) is 0. The molecule has 0 aromatic heterocycles. The van der Waals surface area contributed by atoms with Crippen LogP contribution < -0.4 is 5.32 Å². The minimum absolute atomic E-state index is 0.0957. The van der Waals surface area contributed by atoms with E-state index in [2.05, 4.69) is 5.32 Å². The van der Waals surface area contributed by atoms with Gasteiger partial charge in [0.15, 0.2) is 0 Å². The van der Waals surface area contributed by atoms with Crippen molar-refractivity contribution in [1.82, 2.24) is 0 Å². The van der Waals surface area contributed by atoms with Gasteiger partial charge in [0.1, 0.15) is 5.82 Å². The third kappa shape index (κ3) is 3.75. The smallest absolute Gasteiger partial charge is 0.270 e. The molecule has 0 amide bonds. The number of rotatable bonds is 4. The second kappa shape index (κ2) is 6.47. The highest BCUT2D eigenvalue weighted by Gasteiger charge is 2.12. The Labute approximate surface area is 134 Å². The fourth-order valence-electron chi connectivity index (χ4n) is 1.69. The van der Waals surface area contributed by atoms with Crippen LogP contribution in [0, 0.1) is 15.9 Å². The van der Waals surface area contributed by atoms with Gasteiger partial charge in [0.25, 0.3) is 5.69 Å². The van der Waals surface area contributed by atoms with Crippen molar-refractivity contribution in [3.05, 3.63) is 66.9 Å². The Morgan fingerprint density at radius 3 is 2.24 bits per heavy atom. The lowest BCUT2D eigenvalue weighted by atomic mass is 10.2. The Kier molecular flexibility index (Phi) is 4.88. The molecular weight excluding hydrogens is 342 g/mol. The summed E-state index contributed by atoms with van der Waals surface area (Å²) >= 11 is 17.8. The number of non-ortho nitro benzene ring substituents is 1. The molecule has 4 nitrogen and oxygen atoms in total. The molecule has 0 heterocycles. The predicted octanol–water partition coefficient (Wildman–Crippen LogP) is 5.31. The number of nitro groups is 1. The molecule has 2 aromatic rings. The van der Waals surface area contributed by atoms with E-state index < -0.39 is 10.7 Å². The first kappa shape index (κ1) is 15.8. The van der Waals surface area contributed by atoms with Crippen molar-refractivity contribution in [3.8, 4) is 0 Å². The van der Waals surface area contributed by atoms with Crippen LogP contribution >= 0.6 is 34.8 Å². The van der Waals surface area contributed by atoms with Crippen molar-refractivity contribution in [2.24, 2.45) is 0 Å². The van der Waals surface area contributed by atoms with Crippen LogP contribution in [0.3, 0.4) is 0 Å². The van der Waals surface area contributed by atoms with Crippen LogP contribution in [-0.2, 0) is 6.54 Å². The molecular formula is C13H8Cl3FN2O2. The molecule has 21 heavy (non-hydrogen) atoms. The predicted molar refractivity (Wildman–Crippen MR) is 81.9 cm³/mol. The van der Waals surface area contributed by atoms with Gasteiger partial charge >= 0.3 is 0 Å². The van der Waals surface area contributed by atoms with Crippen LogP contribution in [0.1, 0.15) is 5.56 Å². The Morgan fingerprint density at radius 1 is 1.10 bits per heavy atom. The summed E-state index contributed by atoms with van der Waals surface area (Å²) in [5.41, 5.74) is 0.898. The van der Waals surface area contributed by atoms with Gasteiger partial charge in [-0.2, -0.15) is 0 Å². The highest BCUT2D eigenvalue weighted by molar-refractivity contribution is 6.39. The first-order valence-corrected chi connectivity index (χ1v) is 6.83. The SMILES string of the molecule is O=[N+]([O-])c1ccc(CNc2c(Cl)cc(F)cc2Cl)c(Cl)c1. The zero-order chi connectivity index (χ0) is 15.6. The molecule has 0 atom stereocenters. The molecule has 0 bridgehead atoms. The van der Waals surface area contributed by atoms with E-state index in [1.54, 1.807) is 0 Å². The minimum atomic E-state index is -0.538. The summed E-state index contributed by atoms with van der Waals surface area (Å²) in [5, 5.41) is 14.1. The number of benzene rings is 2. The fourth-order valence-corrected chi connectivity index (χ4v) is 2.52. The van der Waals surface area contributed by atoms with E-state index in [0.717, 1.165) is 12.1 Å². The number of nitro benzene ring substituents is 1. The summed E-state index contributed by atoms with van der Waals surface area (Å²) in [6.07, 6.45) is 0. The molecule has 0 aliphatic heterocycles. The molecule has 0 saturated heterocycles. The summed E-state index contributed by atoms with van der Waals surface area (Å²) in [6, 6.07) is 6.39. The van der Waals surface area contributed by atoms with Crippen LogP contribution in [-0.4, -0.2) is 4.92 Å².